The fourth-order valence-corrected chi connectivity index (χ4v) is 3.32. The Bertz CT molecular complexity index is 445. The standard InChI is InChI=1S/C17H28N4O2/c22-17(15-21-8-10-23-11-9-21)14-20-6-4-19(5-7-20)13-16-2-1-3-18-12-16/h1-3,12,17,22H,4-11,13-15H2. The number of aliphatic hydroxyl groups is 1. The van der Waals surface area contributed by atoms with Gasteiger partial charge >= 0.3 is 0 Å². The number of pyridine rings is 1. The van der Waals surface area contributed by atoms with Gasteiger partial charge in [0.15, 0.2) is 0 Å². The summed E-state index contributed by atoms with van der Waals surface area (Å²) >= 11 is 0. The van der Waals surface area contributed by atoms with Crippen LogP contribution in [0.2, 0.25) is 0 Å². The first kappa shape index (κ1) is 16.8. The van der Waals surface area contributed by atoms with Crippen molar-refractivity contribution in [2.24, 2.45) is 0 Å². The van der Waals surface area contributed by atoms with Crippen molar-refractivity contribution in [2.75, 3.05) is 65.6 Å². The van der Waals surface area contributed by atoms with Gasteiger partial charge in [-0.1, -0.05) is 6.07 Å². The summed E-state index contributed by atoms with van der Waals surface area (Å²) in [7, 11) is 0. The predicted octanol–water partition coefficient (Wildman–Crippen LogP) is -0.108. The van der Waals surface area contributed by atoms with Gasteiger partial charge in [-0.05, 0) is 11.6 Å². The maximum Gasteiger partial charge on any atom is 0.0793 e. The molecule has 0 aliphatic carbocycles. The van der Waals surface area contributed by atoms with E-state index in [1.54, 1.807) is 0 Å². The van der Waals surface area contributed by atoms with Gasteiger partial charge in [0.1, 0.15) is 0 Å². The molecule has 1 unspecified atom stereocenters. The smallest absolute Gasteiger partial charge is 0.0793 e. The molecule has 6 nitrogen and oxygen atoms in total. The number of nitrogens with zero attached hydrogens (tertiary/aromatic N) is 4. The summed E-state index contributed by atoms with van der Waals surface area (Å²) in [5, 5.41) is 10.3. The average molecular weight is 320 g/mol. The van der Waals surface area contributed by atoms with E-state index in [0.29, 0.717) is 0 Å². The molecule has 2 aliphatic rings. The van der Waals surface area contributed by atoms with Crippen LogP contribution < -0.4 is 0 Å². The molecule has 128 valence electrons. The molecular weight excluding hydrogens is 292 g/mol. The van der Waals surface area contributed by atoms with Crippen LogP contribution in [-0.2, 0) is 11.3 Å². The largest absolute Gasteiger partial charge is 0.390 e. The van der Waals surface area contributed by atoms with Crippen molar-refractivity contribution in [3.05, 3.63) is 30.1 Å². The fourth-order valence-electron chi connectivity index (χ4n) is 3.32. The first-order valence-corrected chi connectivity index (χ1v) is 8.61. The van der Waals surface area contributed by atoms with Crippen LogP contribution in [0.3, 0.4) is 0 Å². The Morgan fingerprint density at radius 2 is 1.65 bits per heavy atom. The summed E-state index contributed by atoms with van der Waals surface area (Å²) in [5.74, 6) is 0. The molecule has 2 fully saturated rings. The van der Waals surface area contributed by atoms with Crippen LogP contribution in [0, 0.1) is 0 Å². The Labute approximate surface area is 138 Å². The summed E-state index contributed by atoms with van der Waals surface area (Å²) < 4.78 is 5.35. The highest BCUT2D eigenvalue weighted by Gasteiger charge is 2.21. The van der Waals surface area contributed by atoms with Crippen molar-refractivity contribution in [1.82, 2.24) is 19.7 Å². The Hall–Kier alpha value is -1.05. The van der Waals surface area contributed by atoms with Gasteiger partial charge in [0, 0.05) is 71.3 Å². The molecule has 1 N–H and O–H groups in total. The number of β-amino-alcohol motifs (C(OH)–C–C–N with tert-alkyl or cyclic N) is 1. The molecule has 23 heavy (non-hydrogen) atoms. The van der Waals surface area contributed by atoms with Gasteiger partial charge in [0.2, 0.25) is 0 Å². The normalized spacial score (nSPS) is 23.0. The summed E-state index contributed by atoms with van der Waals surface area (Å²) in [6.07, 6.45) is 3.49. The molecule has 0 bridgehead atoms. The SMILES string of the molecule is OC(CN1CCOCC1)CN1CCN(Cc2cccnc2)CC1. The molecule has 0 aromatic carbocycles. The van der Waals surface area contributed by atoms with Crippen LogP contribution in [0.1, 0.15) is 5.56 Å². The number of hydrogen-bond acceptors (Lipinski definition) is 6. The topological polar surface area (TPSA) is 52.1 Å². The third kappa shape index (κ3) is 5.51. The van der Waals surface area contributed by atoms with Crippen LogP contribution in [0.25, 0.3) is 0 Å². The highest BCUT2D eigenvalue weighted by atomic mass is 16.5. The second-order valence-electron chi connectivity index (χ2n) is 6.50. The Morgan fingerprint density at radius 1 is 1.00 bits per heavy atom. The van der Waals surface area contributed by atoms with Crippen LogP contribution in [-0.4, -0.2) is 96.5 Å². The lowest BCUT2D eigenvalue weighted by atomic mass is 10.2. The van der Waals surface area contributed by atoms with Gasteiger partial charge in [-0.25, -0.2) is 0 Å². The highest BCUT2D eigenvalue weighted by molar-refractivity contribution is 5.08. The molecule has 3 heterocycles. The zero-order chi connectivity index (χ0) is 15.9. The molecule has 0 saturated carbocycles. The average Bonchev–Trinajstić information content (AvgIpc) is 2.58. The molecule has 1 aromatic rings. The lowest BCUT2D eigenvalue weighted by Crippen LogP contribution is -2.50. The third-order valence-corrected chi connectivity index (χ3v) is 4.64. The molecule has 2 saturated heterocycles. The molecule has 2 aliphatic heterocycles. The minimum atomic E-state index is -0.266. The van der Waals surface area contributed by atoms with E-state index >= 15 is 0 Å². The second kappa shape index (κ2) is 8.70. The summed E-state index contributed by atoms with van der Waals surface area (Å²) in [4.78, 5) is 11.3. The van der Waals surface area contributed by atoms with E-state index in [2.05, 4.69) is 25.8 Å². The predicted molar refractivity (Wildman–Crippen MR) is 89.2 cm³/mol. The van der Waals surface area contributed by atoms with Gasteiger partial charge < -0.3 is 9.84 Å². The van der Waals surface area contributed by atoms with Gasteiger partial charge in [-0.3, -0.25) is 19.7 Å². The van der Waals surface area contributed by atoms with E-state index in [0.717, 1.165) is 72.1 Å². The van der Waals surface area contributed by atoms with Crippen molar-refractivity contribution < 1.29 is 9.84 Å². The summed E-state index contributed by atoms with van der Waals surface area (Å²) in [6.45, 7) is 10.1. The Balaban J connectivity index is 1.35. The number of aromatic nitrogens is 1. The molecule has 0 amide bonds. The van der Waals surface area contributed by atoms with E-state index in [-0.39, 0.29) is 6.10 Å². The molecule has 6 heteroatoms. The molecule has 0 spiro atoms. The van der Waals surface area contributed by atoms with Gasteiger partial charge in [0.25, 0.3) is 0 Å². The molecule has 1 aromatic heterocycles. The summed E-state index contributed by atoms with van der Waals surface area (Å²) in [6, 6.07) is 4.12. The van der Waals surface area contributed by atoms with E-state index in [1.807, 2.05) is 18.5 Å². The lowest BCUT2D eigenvalue weighted by Gasteiger charge is -2.36. The van der Waals surface area contributed by atoms with E-state index < -0.39 is 0 Å². The highest BCUT2D eigenvalue weighted by Crippen LogP contribution is 2.08. The zero-order valence-corrected chi connectivity index (χ0v) is 13.8. The first-order chi connectivity index (χ1) is 11.3. The van der Waals surface area contributed by atoms with Crippen LogP contribution in [0.5, 0.6) is 0 Å². The van der Waals surface area contributed by atoms with E-state index in [1.165, 1.54) is 5.56 Å². The summed E-state index contributed by atoms with van der Waals surface area (Å²) in [5.41, 5.74) is 1.27. The minimum absolute atomic E-state index is 0.266. The quantitative estimate of drug-likeness (QED) is 0.789. The molecular formula is C17H28N4O2. The van der Waals surface area contributed by atoms with Crippen molar-refractivity contribution in [3.63, 3.8) is 0 Å². The van der Waals surface area contributed by atoms with Gasteiger partial charge in [0.05, 0.1) is 19.3 Å². The van der Waals surface area contributed by atoms with Crippen molar-refractivity contribution in [3.8, 4) is 0 Å². The number of morpholine rings is 1. The number of hydrogen-bond donors (Lipinski definition) is 1. The molecule has 1 atom stereocenters. The first-order valence-electron chi connectivity index (χ1n) is 8.61. The Morgan fingerprint density at radius 3 is 2.30 bits per heavy atom. The van der Waals surface area contributed by atoms with Crippen molar-refractivity contribution >= 4 is 0 Å². The second-order valence-corrected chi connectivity index (χ2v) is 6.50. The maximum atomic E-state index is 10.3. The van der Waals surface area contributed by atoms with Crippen LogP contribution in [0.15, 0.2) is 24.5 Å². The molecule has 0 radical (unpaired) electrons. The van der Waals surface area contributed by atoms with Crippen LogP contribution in [0.4, 0.5) is 0 Å². The van der Waals surface area contributed by atoms with Gasteiger partial charge in [-0.15, -0.1) is 0 Å². The lowest BCUT2D eigenvalue weighted by molar-refractivity contribution is 0.00217. The third-order valence-electron chi connectivity index (χ3n) is 4.64. The van der Waals surface area contributed by atoms with Crippen LogP contribution >= 0.6 is 0 Å². The monoisotopic (exact) mass is 320 g/mol. The number of aliphatic hydroxyl groups excluding tert-OH is 1. The van der Waals surface area contributed by atoms with Gasteiger partial charge in [-0.2, -0.15) is 0 Å². The molecule has 3 rings (SSSR count). The Kier molecular flexibility index (Phi) is 6.36. The van der Waals surface area contributed by atoms with Crippen molar-refractivity contribution in [2.45, 2.75) is 12.6 Å². The zero-order valence-electron chi connectivity index (χ0n) is 13.8. The number of ether oxygens (including phenoxy) is 1. The minimum Gasteiger partial charge on any atom is -0.390 e. The number of rotatable bonds is 6. The van der Waals surface area contributed by atoms with E-state index in [9.17, 15) is 5.11 Å². The van der Waals surface area contributed by atoms with E-state index in [4.69, 9.17) is 4.74 Å². The maximum absolute atomic E-state index is 10.3. The van der Waals surface area contributed by atoms with Crippen molar-refractivity contribution in [1.29, 1.82) is 0 Å². The number of piperazine rings is 1. The fraction of sp³-hybridized carbons (Fsp3) is 0.706.